The molecule has 0 spiro atoms. The highest BCUT2D eigenvalue weighted by atomic mass is 16.6. The predicted molar refractivity (Wildman–Crippen MR) is 92.8 cm³/mol. The summed E-state index contributed by atoms with van der Waals surface area (Å²) >= 11 is 0. The molecule has 140 valence electrons. The van der Waals surface area contributed by atoms with Crippen LogP contribution in [0.2, 0.25) is 0 Å². The van der Waals surface area contributed by atoms with E-state index in [1.165, 1.54) is 0 Å². The van der Waals surface area contributed by atoms with E-state index >= 15 is 0 Å². The van der Waals surface area contributed by atoms with Gasteiger partial charge in [0, 0.05) is 17.9 Å². The topological polar surface area (TPSA) is 61.8 Å². The third-order valence-electron chi connectivity index (χ3n) is 5.96. The number of rotatable bonds is 3. The molecule has 2 bridgehead atoms. The number of ether oxygens (including phenoxy) is 3. The van der Waals surface area contributed by atoms with Gasteiger partial charge >= 0.3 is 11.9 Å². The summed E-state index contributed by atoms with van der Waals surface area (Å²) in [5, 5.41) is 0. The van der Waals surface area contributed by atoms with Crippen molar-refractivity contribution in [3.8, 4) is 0 Å². The van der Waals surface area contributed by atoms with E-state index in [-0.39, 0.29) is 29.9 Å². The van der Waals surface area contributed by atoms with Crippen LogP contribution in [0, 0.1) is 17.8 Å². The molecule has 0 aromatic heterocycles. The van der Waals surface area contributed by atoms with Gasteiger partial charge in [0.2, 0.25) is 0 Å². The number of hydrogen-bond acceptors (Lipinski definition) is 5. The smallest absolute Gasteiger partial charge is 0.334 e. The number of fused-ring (bicyclic) bond motifs is 3. The number of esters is 2. The molecule has 3 saturated heterocycles. The van der Waals surface area contributed by atoms with Crippen molar-refractivity contribution >= 4 is 11.9 Å². The van der Waals surface area contributed by atoms with Crippen molar-refractivity contribution in [2.24, 2.45) is 17.8 Å². The Bertz CT molecular complexity index is 568. The maximum atomic E-state index is 12.4. The zero-order valence-electron chi connectivity index (χ0n) is 15.7. The van der Waals surface area contributed by atoms with Crippen LogP contribution in [0.3, 0.4) is 0 Å². The van der Waals surface area contributed by atoms with Crippen LogP contribution >= 0.6 is 0 Å². The van der Waals surface area contributed by atoms with Gasteiger partial charge in [0.05, 0.1) is 6.10 Å². The van der Waals surface area contributed by atoms with E-state index in [1.54, 1.807) is 0 Å². The summed E-state index contributed by atoms with van der Waals surface area (Å²) < 4.78 is 18.0. The fraction of sp³-hybridized carbons (Fsp3) is 0.800. The Labute approximate surface area is 150 Å². The molecule has 3 heterocycles. The highest BCUT2D eigenvalue weighted by Gasteiger charge is 2.57. The molecule has 0 amide bonds. The second-order valence-electron chi connectivity index (χ2n) is 8.58. The molecule has 3 fully saturated rings. The second kappa shape index (κ2) is 6.75. The average Bonchev–Trinajstić information content (AvgIpc) is 2.64. The molecule has 0 saturated carbocycles. The molecule has 0 aromatic carbocycles. The first kappa shape index (κ1) is 18.4. The molecule has 0 radical (unpaired) electrons. The van der Waals surface area contributed by atoms with Crippen molar-refractivity contribution in [2.45, 2.75) is 83.7 Å². The Morgan fingerprint density at radius 1 is 1.44 bits per heavy atom. The predicted octanol–water partition coefficient (Wildman–Crippen LogP) is 3.41. The van der Waals surface area contributed by atoms with Gasteiger partial charge < -0.3 is 14.2 Å². The van der Waals surface area contributed by atoms with Crippen molar-refractivity contribution in [1.82, 2.24) is 0 Å². The van der Waals surface area contributed by atoms with Crippen LogP contribution < -0.4 is 0 Å². The van der Waals surface area contributed by atoms with E-state index in [9.17, 15) is 9.59 Å². The minimum Gasteiger partial charge on any atom is -0.455 e. The van der Waals surface area contributed by atoms with E-state index < -0.39 is 17.8 Å². The normalized spacial score (nSPS) is 40.9. The van der Waals surface area contributed by atoms with Crippen molar-refractivity contribution in [3.63, 3.8) is 0 Å². The van der Waals surface area contributed by atoms with Gasteiger partial charge in [0.15, 0.2) is 6.10 Å². The lowest BCUT2D eigenvalue weighted by molar-refractivity contribution is -0.198. The van der Waals surface area contributed by atoms with E-state index in [2.05, 4.69) is 13.5 Å². The maximum Gasteiger partial charge on any atom is 0.334 e. The SMILES string of the molecule is C=C1C(=O)OC2C1CC1OC(C)(CCCC1C)C2OC(=O)CC(C)C. The van der Waals surface area contributed by atoms with Gasteiger partial charge in [-0.25, -0.2) is 4.79 Å². The van der Waals surface area contributed by atoms with Crippen molar-refractivity contribution in [1.29, 1.82) is 0 Å². The monoisotopic (exact) mass is 350 g/mol. The lowest BCUT2D eigenvalue weighted by atomic mass is 9.80. The van der Waals surface area contributed by atoms with Crippen LogP contribution in [-0.2, 0) is 23.8 Å². The van der Waals surface area contributed by atoms with Crippen LogP contribution in [0.15, 0.2) is 12.2 Å². The molecule has 5 nitrogen and oxygen atoms in total. The van der Waals surface area contributed by atoms with E-state index in [0.29, 0.717) is 24.3 Å². The third kappa shape index (κ3) is 3.48. The summed E-state index contributed by atoms with van der Waals surface area (Å²) in [6.45, 7) is 12.1. The second-order valence-corrected chi connectivity index (χ2v) is 8.58. The summed E-state index contributed by atoms with van der Waals surface area (Å²) in [6.07, 6.45) is 2.88. The van der Waals surface area contributed by atoms with Crippen molar-refractivity contribution < 1.29 is 23.8 Å². The zero-order chi connectivity index (χ0) is 18.4. The summed E-state index contributed by atoms with van der Waals surface area (Å²) in [7, 11) is 0. The Hall–Kier alpha value is -1.36. The molecule has 3 aliphatic rings. The van der Waals surface area contributed by atoms with Gasteiger partial charge in [-0.15, -0.1) is 0 Å². The Morgan fingerprint density at radius 3 is 2.84 bits per heavy atom. The summed E-state index contributed by atoms with van der Waals surface area (Å²) in [4.78, 5) is 24.5. The van der Waals surface area contributed by atoms with Gasteiger partial charge in [-0.1, -0.05) is 33.8 Å². The van der Waals surface area contributed by atoms with Gasteiger partial charge in [0.25, 0.3) is 0 Å². The lowest BCUT2D eigenvalue weighted by Crippen LogP contribution is -2.51. The highest BCUT2D eigenvalue weighted by Crippen LogP contribution is 2.47. The van der Waals surface area contributed by atoms with Crippen LogP contribution in [0.4, 0.5) is 0 Å². The van der Waals surface area contributed by atoms with Crippen LogP contribution in [0.1, 0.15) is 59.8 Å². The maximum absolute atomic E-state index is 12.4. The first-order valence-corrected chi connectivity index (χ1v) is 9.48. The van der Waals surface area contributed by atoms with Gasteiger partial charge in [-0.2, -0.15) is 0 Å². The lowest BCUT2D eigenvalue weighted by Gasteiger charge is -2.38. The number of carbonyl (C=O) groups is 2. The highest BCUT2D eigenvalue weighted by molar-refractivity contribution is 5.91. The third-order valence-corrected chi connectivity index (χ3v) is 5.96. The van der Waals surface area contributed by atoms with E-state index in [1.807, 2.05) is 20.8 Å². The minimum absolute atomic E-state index is 0.0278. The molecule has 3 aliphatic heterocycles. The molecule has 6 unspecified atom stereocenters. The number of hydrogen-bond donors (Lipinski definition) is 0. The fourth-order valence-corrected chi connectivity index (χ4v) is 4.46. The van der Waals surface area contributed by atoms with Crippen molar-refractivity contribution in [3.05, 3.63) is 12.2 Å². The molecule has 5 heteroatoms. The van der Waals surface area contributed by atoms with Crippen LogP contribution in [0.25, 0.3) is 0 Å². The molecular weight excluding hydrogens is 320 g/mol. The Kier molecular flexibility index (Phi) is 4.97. The molecular formula is C20H30O5. The van der Waals surface area contributed by atoms with Gasteiger partial charge in [0.1, 0.15) is 11.7 Å². The van der Waals surface area contributed by atoms with Gasteiger partial charge in [-0.3, -0.25) is 4.79 Å². The van der Waals surface area contributed by atoms with E-state index in [0.717, 1.165) is 19.3 Å². The standard InChI is InChI=1S/C20H30O5/c1-11(2)9-16(21)23-18-17-14(13(4)19(22)24-17)10-15-12(3)7-6-8-20(18,5)25-15/h11-12,14-15,17-18H,4,6-10H2,1-3,5H3. The minimum atomic E-state index is -0.633. The van der Waals surface area contributed by atoms with Crippen LogP contribution in [0.5, 0.6) is 0 Å². The quantitative estimate of drug-likeness (QED) is 0.576. The fourth-order valence-electron chi connectivity index (χ4n) is 4.46. The molecule has 25 heavy (non-hydrogen) atoms. The molecule has 0 aliphatic carbocycles. The zero-order valence-corrected chi connectivity index (χ0v) is 15.7. The number of carbonyl (C=O) groups excluding carboxylic acids is 2. The summed E-state index contributed by atoms with van der Waals surface area (Å²) in [6, 6.07) is 0. The summed E-state index contributed by atoms with van der Waals surface area (Å²) in [5.74, 6) is -0.152. The molecule has 0 N–H and O–H groups in total. The Balaban J connectivity index is 1.94. The van der Waals surface area contributed by atoms with E-state index in [4.69, 9.17) is 14.2 Å². The first-order chi connectivity index (χ1) is 11.7. The van der Waals surface area contributed by atoms with Crippen LogP contribution in [-0.4, -0.2) is 35.9 Å². The largest absolute Gasteiger partial charge is 0.455 e. The Morgan fingerprint density at radius 2 is 2.16 bits per heavy atom. The average molecular weight is 350 g/mol. The molecule has 0 aromatic rings. The molecule has 3 rings (SSSR count). The van der Waals surface area contributed by atoms with Crippen molar-refractivity contribution in [2.75, 3.05) is 0 Å². The summed E-state index contributed by atoms with van der Waals surface area (Å²) in [5.41, 5.74) is -0.146. The first-order valence-electron chi connectivity index (χ1n) is 9.48. The van der Waals surface area contributed by atoms with Gasteiger partial charge in [-0.05, 0) is 38.0 Å². The molecule has 6 atom stereocenters.